The summed E-state index contributed by atoms with van der Waals surface area (Å²) in [6, 6.07) is 14.4. The van der Waals surface area contributed by atoms with Crippen LogP contribution in [0.1, 0.15) is 12.5 Å². The largest absolute Gasteiger partial charge is 0.354 e. The fourth-order valence-electron chi connectivity index (χ4n) is 2.82. The summed E-state index contributed by atoms with van der Waals surface area (Å²) in [5.74, 6) is 0.952. The van der Waals surface area contributed by atoms with Gasteiger partial charge in [-0.2, -0.15) is 0 Å². The number of hydrogen-bond donors (Lipinski definition) is 1. The Hall–Kier alpha value is -2.40. The lowest BCUT2D eigenvalue weighted by Gasteiger charge is -2.11. The number of nitrogens with zero attached hydrogens (tertiary/aromatic N) is 2. The molecule has 110 valence electrons. The summed E-state index contributed by atoms with van der Waals surface area (Å²) in [4.78, 5) is 18.7. The first kappa shape index (κ1) is 13.3. The number of amides is 1. The fourth-order valence-corrected chi connectivity index (χ4v) is 3.83. The van der Waals surface area contributed by atoms with E-state index in [1.807, 2.05) is 29.0 Å². The molecule has 1 fully saturated rings. The highest BCUT2D eigenvalue weighted by molar-refractivity contribution is 7.18. The zero-order valence-corrected chi connectivity index (χ0v) is 12.7. The summed E-state index contributed by atoms with van der Waals surface area (Å²) < 4.78 is 1.99. The smallest absolute Gasteiger partial charge is 0.243 e. The molecular formula is C17H15N3OS. The Bertz CT molecular complexity index is 806. The maximum Gasteiger partial charge on any atom is 0.243 e. The Morgan fingerprint density at radius 3 is 2.73 bits per heavy atom. The van der Waals surface area contributed by atoms with E-state index in [0.29, 0.717) is 0 Å². The van der Waals surface area contributed by atoms with Crippen LogP contribution in [0.3, 0.4) is 0 Å². The van der Waals surface area contributed by atoms with E-state index >= 15 is 0 Å². The molecule has 22 heavy (non-hydrogen) atoms. The molecule has 1 aromatic carbocycles. The number of imidazole rings is 1. The SMILES string of the molecule is O=C1NCCC1n1ccnc1-c1ccc(-c2ccccc2)s1. The van der Waals surface area contributed by atoms with Gasteiger partial charge >= 0.3 is 0 Å². The molecule has 1 aliphatic rings. The minimum atomic E-state index is -0.139. The normalized spacial score (nSPS) is 17.6. The molecule has 3 aromatic rings. The van der Waals surface area contributed by atoms with Crippen LogP contribution in [0.15, 0.2) is 54.9 Å². The first-order valence-electron chi connectivity index (χ1n) is 7.29. The molecule has 0 saturated carbocycles. The van der Waals surface area contributed by atoms with E-state index < -0.39 is 0 Å². The summed E-state index contributed by atoms with van der Waals surface area (Å²) in [7, 11) is 0. The maximum atomic E-state index is 11.9. The number of rotatable bonds is 3. The third kappa shape index (κ3) is 2.23. The lowest BCUT2D eigenvalue weighted by molar-refractivity contribution is -0.121. The summed E-state index contributed by atoms with van der Waals surface area (Å²) in [6.45, 7) is 0.737. The molecule has 5 heteroatoms. The molecular weight excluding hydrogens is 294 g/mol. The molecule has 2 aromatic heterocycles. The van der Waals surface area contributed by atoms with Crippen LogP contribution in [-0.4, -0.2) is 22.0 Å². The van der Waals surface area contributed by atoms with Crippen LogP contribution in [0.4, 0.5) is 0 Å². The lowest BCUT2D eigenvalue weighted by atomic mass is 10.2. The maximum absolute atomic E-state index is 11.9. The highest BCUT2D eigenvalue weighted by atomic mass is 32.1. The van der Waals surface area contributed by atoms with Crippen molar-refractivity contribution in [2.45, 2.75) is 12.5 Å². The number of thiophene rings is 1. The summed E-state index contributed by atoms with van der Waals surface area (Å²) in [6.07, 6.45) is 4.48. The molecule has 4 rings (SSSR count). The van der Waals surface area contributed by atoms with Gasteiger partial charge in [0, 0.05) is 23.8 Å². The fraction of sp³-hybridized carbons (Fsp3) is 0.176. The Morgan fingerprint density at radius 2 is 1.95 bits per heavy atom. The second-order valence-electron chi connectivity index (χ2n) is 5.28. The predicted molar refractivity (Wildman–Crippen MR) is 87.6 cm³/mol. The first-order chi connectivity index (χ1) is 10.8. The van der Waals surface area contributed by atoms with E-state index in [1.54, 1.807) is 17.5 Å². The van der Waals surface area contributed by atoms with E-state index in [0.717, 1.165) is 23.7 Å². The van der Waals surface area contributed by atoms with Gasteiger partial charge < -0.3 is 9.88 Å². The van der Waals surface area contributed by atoms with Gasteiger partial charge in [0.05, 0.1) is 4.88 Å². The molecule has 4 nitrogen and oxygen atoms in total. The van der Waals surface area contributed by atoms with Gasteiger partial charge in [-0.25, -0.2) is 4.98 Å². The molecule has 1 aliphatic heterocycles. The van der Waals surface area contributed by atoms with Gasteiger partial charge in [0.1, 0.15) is 6.04 Å². The van der Waals surface area contributed by atoms with Crippen LogP contribution in [0.25, 0.3) is 21.1 Å². The molecule has 1 atom stereocenters. The summed E-state index contributed by atoms with van der Waals surface area (Å²) in [5, 5.41) is 2.88. The molecule has 3 heterocycles. The summed E-state index contributed by atoms with van der Waals surface area (Å²) in [5.41, 5.74) is 1.20. The lowest BCUT2D eigenvalue weighted by Crippen LogP contribution is -2.21. The number of hydrogen-bond acceptors (Lipinski definition) is 3. The minimum absolute atomic E-state index is 0.0825. The van der Waals surface area contributed by atoms with Gasteiger partial charge in [0.25, 0.3) is 0 Å². The van der Waals surface area contributed by atoms with Crippen molar-refractivity contribution in [3.63, 3.8) is 0 Å². The average molecular weight is 309 g/mol. The van der Waals surface area contributed by atoms with E-state index in [9.17, 15) is 4.79 Å². The van der Waals surface area contributed by atoms with Crippen LogP contribution >= 0.6 is 11.3 Å². The van der Waals surface area contributed by atoms with E-state index in [-0.39, 0.29) is 11.9 Å². The second kappa shape index (κ2) is 5.42. The van der Waals surface area contributed by atoms with Crippen molar-refractivity contribution in [2.75, 3.05) is 6.54 Å². The van der Waals surface area contributed by atoms with Gasteiger partial charge in [0.2, 0.25) is 5.91 Å². The number of carbonyl (C=O) groups is 1. The van der Waals surface area contributed by atoms with Crippen molar-refractivity contribution < 1.29 is 4.79 Å². The Kier molecular flexibility index (Phi) is 3.27. The molecule has 1 N–H and O–H groups in total. The van der Waals surface area contributed by atoms with Crippen LogP contribution in [0.5, 0.6) is 0 Å². The summed E-state index contributed by atoms with van der Waals surface area (Å²) >= 11 is 1.70. The first-order valence-corrected chi connectivity index (χ1v) is 8.11. The van der Waals surface area contributed by atoms with E-state index in [4.69, 9.17) is 0 Å². The Morgan fingerprint density at radius 1 is 1.14 bits per heavy atom. The van der Waals surface area contributed by atoms with Crippen molar-refractivity contribution in [1.82, 2.24) is 14.9 Å². The van der Waals surface area contributed by atoms with Gasteiger partial charge in [-0.05, 0) is 24.1 Å². The molecule has 1 amide bonds. The number of carbonyl (C=O) groups excluding carboxylic acids is 1. The topological polar surface area (TPSA) is 46.9 Å². The van der Waals surface area contributed by atoms with Crippen molar-refractivity contribution in [3.8, 4) is 21.1 Å². The third-order valence-corrected chi connectivity index (χ3v) is 5.04. The van der Waals surface area contributed by atoms with Gasteiger partial charge in [-0.1, -0.05) is 30.3 Å². The van der Waals surface area contributed by atoms with Crippen LogP contribution < -0.4 is 5.32 Å². The van der Waals surface area contributed by atoms with Crippen LogP contribution in [-0.2, 0) is 4.79 Å². The molecule has 0 spiro atoms. The van der Waals surface area contributed by atoms with Crippen LogP contribution in [0.2, 0.25) is 0 Å². The predicted octanol–water partition coefficient (Wildman–Crippen LogP) is 3.34. The molecule has 0 radical (unpaired) electrons. The van der Waals surface area contributed by atoms with Crippen molar-refractivity contribution in [2.24, 2.45) is 0 Å². The average Bonchev–Trinajstić information content (AvgIpc) is 3.27. The van der Waals surface area contributed by atoms with Crippen molar-refractivity contribution >= 4 is 17.2 Å². The van der Waals surface area contributed by atoms with Crippen molar-refractivity contribution in [3.05, 3.63) is 54.9 Å². The second-order valence-corrected chi connectivity index (χ2v) is 6.37. The molecule has 0 aliphatic carbocycles. The Balaban J connectivity index is 1.71. The molecule has 0 bridgehead atoms. The monoisotopic (exact) mass is 309 g/mol. The third-order valence-electron chi connectivity index (χ3n) is 3.91. The highest BCUT2D eigenvalue weighted by Gasteiger charge is 2.27. The zero-order valence-electron chi connectivity index (χ0n) is 11.9. The number of nitrogens with one attached hydrogen (secondary N) is 1. The minimum Gasteiger partial charge on any atom is -0.354 e. The molecule has 1 unspecified atom stereocenters. The van der Waals surface area contributed by atoms with Gasteiger partial charge in [-0.3, -0.25) is 4.79 Å². The Labute approximate surface area is 132 Å². The van der Waals surface area contributed by atoms with Crippen molar-refractivity contribution in [1.29, 1.82) is 0 Å². The number of aromatic nitrogens is 2. The van der Waals surface area contributed by atoms with Gasteiger partial charge in [0.15, 0.2) is 5.82 Å². The zero-order chi connectivity index (χ0) is 14.9. The standard InChI is InChI=1S/C17H15N3OS/c21-17-13(8-9-19-17)20-11-10-18-16(20)15-7-6-14(22-15)12-4-2-1-3-5-12/h1-7,10-11,13H,8-9H2,(H,19,21). The van der Waals surface area contributed by atoms with E-state index in [2.05, 4.69) is 34.6 Å². The van der Waals surface area contributed by atoms with Crippen LogP contribution in [0, 0.1) is 0 Å². The molecule has 1 saturated heterocycles. The van der Waals surface area contributed by atoms with Gasteiger partial charge in [-0.15, -0.1) is 11.3 Å². The van der Waals surface area contributed by atoms with E-state index in [1.165, 1.54) is 10.4 Å². The number of benzene rings is 1. The highest BCUT2D eigenvalue weighted by Crippen LogP contribution is 2.35. The quantitative estimate of drug-likeness (QED) is 0.806.